The number of amides is 1. The van der Waals surface area contributed by atoms with Gasteiger partial charge in [-0.2, -0.15) is 0 Å². The Morgan fingerprint density at radius 3 is 2.77 bits per heavy atom. The molecule has 1 aromatic heterocycles. The molecular formula is C20H21N3O3. The minimum Gasteiger partial charge on any atom is -0.480 e. The molecule has 6 heteroatoms. The normalized spacial score (nSPS) is 16.2. The van der Waals surface area contributed by atoms with Crippen LogP contribution in [0.4, 0.5) is 0 Å². The molecule has 4 rings (SSSR count). The number of nitrogens with one attached hydrogen (secondary N) is 1. The Kier molecular flexibility index (Phi) is 4.03. The Morgan fingerprint density at radius 2 is 1.92 bits per heavy atom. The van der Waals surface area contributed by atoms with Crippen LogP contribution in [0.2, 0.25) is 0 Å². The molecular weight excluding hydrogens is 330 g/mol. The predicted octanol–water partition coefficient (Wildman–Crippen LogP) is 1.89. The maximum atomic E-state index is 12.5. The molecule has 0 saturated carbocycles. The summed E-state index contributed by atoms with van der Waals surface area (Å²) < 4.78 is 9.06. The number of hydrogen-bond donors (Lipinski definition) is 1. The van der Waals surface area contributed by atoms with Gasteiger partial charge in [-0.25, -0.2) is 4.79 Å². The Bertz CT molecular complexity index is 1050. The molecule has 1 N–H and O–H groups in total. The van der Waals surface area contributed by atoms with Gasteiger partial charge in [0, 0.05) is 20.6 Å². The van der Waals surface area contributed by atoms with E-state index in [2.05, 4.69) is 5.32 Å². The van der Waals surface area contributed by atoms with E-state index in [0.29, 0.717) is 13.0 Å². The number of aryl methyl sites for hydroxylation is 3. The van der Waals surface area contributed by atoms with Gasteiger partial charge in [0.15, 0.2) is 6.10 Å². The van der Waals surface area contributed by atoms with Gasteiger partial charge >= 0.3 is 5.69 Å². The van der Waals surface area contributed by atoms with E-state index in [1.165, 1.54) is 0 Å². The van der Waals surface area contributed by atoms with Crippen molar-refractivity contribution < 1.29 is 9.53 Å². The summed E-state index contributed by atoms with van der Waals surface area (Å²) in [5.74, 6) is 0.682. The topological polar surface area (TPSA) is 65.3 Å². The van der Waals surface area contributed by atoms with E-state index in [1.807, 2.05) is 42.5 Å². The third kappa shape index (κ3) is 2.77. The molecule has 134 valence electrons. The number of rotatable bonds is 3. The van der Waals surface area contributed by atoms with Crippen LogP contribution in [0.1, 0.15) is 17.5 Å². The second kappa shape index (κ2) is 6.37. The lowest BCUT2D eigenvalue weighted by Crippen LogP contribution is -2.40. The lowest BCUT2D eigenvalue weighted by Gasteiger charge is -2.25. The third-order valence-corrected chi connectivity index (χ3v) is 5.01. The summed E-state index contributed by atoms with van der Waals surface area (Å²) >= 11 is 0. The summed E-state index contributed by atoms with van der Waals surface area (Å²) in [5, 5.41) is 2.95. The molecule has 0 fully saturated rings. The summed E-state index contributed by atoms with van der Waals surface area (Å²) in [6.07, 6.45) is 1.05. The number of carbonyl (C=O) groups is 1. The quantitative estimate of drug-likeness (QED) is 0.784. The highest BCUT2D eigenvalue weighted by Gasteiger charge is 2.25. The lowest BCUT2D eigenvalue weighted by atomic mass is 10.0. The Morgan fingerprint density at radius 1 is 1.15 bits per heavy atom. The maximum absolute atomic E-state index is 12.5. The standard InChI is InChI=1S/C20H21N3O3/c1-22-15-9-7-13(11-16(15)23(2)20(22)25)12-21-19(24)18-10-8-14-5-3-4-6-17(14)26-18/h3-7,9,11,18H,8,10,12H2,1-2H3,(H,21,24)/t18-/m1/s1. The molecule has 1 aliphatic rings. The average Bonchev–Trinajstić information content (AvgIpc) is 2.89. The molecule has 2 aromatic carbocycles. The third-order valence-electron chi connectivity index (χ3n) is 5.01. The predicted molar refractivity (Wildman–Crippen MR) is 99.2 cm³/mol. The average molecular weight is 351 g/mol. The molecule has 1 atom stereocenters. The number of nitrogens with zero attached hydrogens (tertiary/aromatic N) is 2. The highest BCUT2D eigenvalue weighted by molar-refractivity contribution is 5.82. The molecule has 0 unspecified atom stereocenters. The zero-order valence-electron chi connectivity index (χ0n) is 14.9. The van der Waals surface area contributed by atoms with Crippen molar-refractivity contribution in [2.24, 2.45) is 14.1 Å². The molecule has 26 heavy (non-hydrogen) atoms. The van der Waals surface area contributed by atoms with Crippen molar-refractivity contribution in [3.05, 3.63) is 64.1 Å². The van der Waals surface area contributed by atoms with Crippen molar-refractivity contribution in [1.82, 2.24) is 14.5 Å². The van der Waals surface area contributed by atoms with Crippen LogP contribution in [0.15, 0.2) is 47.3 Å². The van der Waals surface area contributed by atoms with Crippen molar-refractivity contribution in [3.8, 4) is 5.75 Å². The SMILES string of the molecule is Cn1c(=O)n(C)c2cc(CNC(=O)[C@H]3CCc4ccccc4O3)ccc21. The molecule has 0 bridgehead atoms. The summed E-state index contributed by atoms with van der Waals surface area (Å²) in [5.41, 5.74) is 3.76. The van der Waals surface area contributed by atoms with Gasteiger partial charge in [-0.3, -0.25) is 13.9 Å². The fourth-order valence-electron chi connectivity index (χ4n) is 3.47. The second-order valence-corrected chi connectivity index (χ2v) is 6.69. The molecule has 3 aromatic rings. The summed E-state index contributed by atoms with van der Waals surface area (Å²) in [6, 6.07) is 13.6. The van der Waals surface area contributed by atoms with Gasteiger partial charge in [0.1, 0.15) is 5.75 Å². The zero-order chi connectivity index (χ0) is 18.3. The lowest BCUT2D eigenvalue weighted by molar-refractivity contribution is -0.128. The first-order chi connectivity index (χ1) is 12.5. The monoisotopic (exact) mass is 351 g/mol. The van der Waals surface area contributed by atoms with Gasteiger partial charge < -0.3 is 10.1 Å². The number of imidazole rings is 1. The Labute approximate surface area is 151 Å². The number of para-hydroxylation sites is 1. The van der Waals surface area contributed by atoms with Crippen LogP contribution in [0.25, 0.3) is 11.0 Å². The highest BCUT2D eigenvalue weighted by atomic mass is 16.5. The van der Waals surface area contributed by atoms with Gasteiger partial charge in [-0.05, 0) is 42.2 Å². The largest absolute Gasteiger partial charge is 0.480 e. The molecule has 6 nitrogen and oxygen atoms in total. The van der Waals surface area contributed by atoms with Crippen molar-refractivity contribution in [2.75, 3.05) is 0 Å². The summed E-state index contributed by atoms with van der Waals surface area (Å²) in [7, 11) is 3.50. The van der Waals surface area contributed by atoms with E-state index >= 15 is 0 Å². The van der Waals surface area contributed by atoms with Crippen LogP contribution in [0, 0.1) is 0 Å². The first-order valence-electron chi connectivity index (χ1n) is 8.71. The number of ether oxygens (including phenoxy) is 1. The van der Waals surface area contributed by atoms with Crippen molar-refractivity contribution in [3.63, 3.8) is 0 Å². The number of fused-ring (bicyclic) bond motifs is 2. The van der Waals surface area contributed by atoms with Crippen LogP contribution in [0.5, 0.6) is 5.75 Å². The smallest absolute Gasteiger partial charge is 0.328 e. The van der Waals surface area contributed by atoms with Gasteiger partial charge in [0.05, 0.1) is 11.0 Å². The highest BCUT2D eigenvalue weighted by Crippen LogP contribution is 2.27. The zero-order valence-corrected chi connectivity index (χ0v) is 14.9. The van der Waals surface area contributed by atoms with E-state index in [-0.39, 0.29) is 11.6 Å². The second-order valence-electron chi connectivity index (χ2n) is 6.69. The van der Waals surface area contributed by atoms with Crippen molar-refractivity contribution in [1.29, 1.82) is 0 Å². The Hall–Kier alpha value is -3.02. The number of benzene rings is 2. The van der Waals surface area contributed by atoms with Crippen LogP contribution in [-0.2, 0) is 31.9 Å². The van der Waals surface area contributed by atoms with Gasteiger partial charge in [-0.15, -0.1) is 0 Å². The minimum atomic E-state index is -0.463. The number of carbonyl (C=O) groups excluding carboxylic acids is 1. The van der Waals surface area contributed by atoms with Gasteiger partial charge in [-0.1, -0.05) is 24.3 Å². The van der Waals surface area contributed by atoms with E-state index < -0.39 is 6.10 Å². The first-order valence-corrected chi connectivity index (χ1v) is 8.71. The van der Waals surface area contributed by atoms with Crippen molar-refractivity contribution >= 4 is 16.9 Å². The minimum absolute atomic E-state index is 0.0598. The molecule has 0 saturated heterocycles. The number of hydrogen-bond acceptors (Lipinski definition) is 3. The fraction of sp³-hybridized carbons (Fsp3) is 0.300. The molecule has 1 amide bonds. The Balaban J connectivity index is 1.46. The van der Waals surface area contributed by atoms with Crippen LogP contribution >= 0.6 is 0 Å². The molecule has 0 aliphatic carbocycles. The van der Waals surface area contributed by atoms with Crippen LogP contribution in [-0.4, -0.2) is 21.1 Å². The summed E-state index contributed by atoms with van der Waals surface area (Å²) in [6.45, 7) is 0.402. The van der Waals surface area contributed by atoms with Crippen LogP contribution < -0.4 is 15.7 Å². The molecule has 2 heterocycles. The molecule has 0 radical (unpaired) electrons. The summed E-state index contributed by atoms with van der Waals surface area (Å²) in [4.78, 5) is 24.5. The first kappa shape index (κ1) is 16.4. The van der Waals surface area contributed by atoms with Crippen LogP contribution in [0.3, 0.4) is 0 Å². The molecule has 1 aliphatic heterocycles. The number of aromatic nitrogens is 2. The van der Waals surface area contributed by atoms with Crippen molar-refractivity contribution in [2.45, 2.75) is 25.5 Å². The van der Waals surface area contributed by atoms with E-state index in [4.69, 9.17) is 4.74 Å². The van der Waals surface area contributed by atoms with E-state index in [9.17, 15) is 9.59 Å². The molecule has 0 spiro atoms. The fourth-order valence-corrected chi connectivity index (χ4v) is 3.47. The van der Waals surface area contributed by atoms with E-state index in [1.54, 1.807) is 23.2 Å². The van der Waals surface area contributed by atoms with E-state index in [0.717, 1.165) is 34.3 Å². The maximum Gasteiger partial charge on any atom is 0.328 e. The van der Waals surface area contributed by atoms with Gasteiger partial charge in [0.2, 0.25) is 0 Å². The van der Waals surface area contributed by atoms with Gasteiger partial charge in [0.25, 0.3) is 5.91 Å².